The molecule has 0 bridgehead atoms. The average molecular weight is 271 g/mol. The summed E-state index contributed by atoms with van der Waals surface area (Å²) in [4.78, 5) is 6.84. The highest BCUT2D eigenvalue weighted by Crippen LogP contribution is 2.20. The summed E-state index contributed by atoms with van der Waals surface area (Å²) < 4.78 is 5.81. The molecule has 20 heavy (non-hydrogen) atoms. The Morgan fingerprint density at radius 1 is 1.30 bits per heavy atom. The zero-order valence-corrected chi connectivity index (χ0v) is 11.8. The number of aromatic nitrogens is 1. The van der Waals surface area contributed by atoms with Gasteiger partial charge in [-0.15, -0.1) is 0 Å². The number of nitrogens with zero attached hydrogens (tertiary/aromatic N) is 2. The van der Waals surface area contributed by atoms with E-state index in [1.165, 1.54) is 10.9 Å². The van der Waals surface area contributed by atoms with Crippen molar-refractivity contribution in [3.8, 4) is 0 Å². The summed E-state index contributed by atoms with van der Waals surface area (Å²) in [6.45, 7) is 5.47. The summed E-state index contributed by atoms with van der Waals surface area (Å²) in [5.74, 6) is 0. The van der Waals surface area contributed by atoms with Gasteiger partial charge in [0.15, 0.2) is 0 Å². The highest BCUT2D eigenvalue weighted by Gasteiger charge is 2.24. The highest BCUT2D eigenvalue weighted by molar-refractivity contribution is 5.81. The monoisotopic (exact) mass is 271 g/mol. The first-order valence-electron chi connectivity index (χ1n) is 7.17. The van der Waals surface area contributed by atoms with Crippen molar-refractivity contribution in [1.82, 2.24) is 9.88 Å². The molecule has 1 aromatic carbocycles. The van der Waals surface area contributed by atoms with Gasteiger partial charge in [-0.1, -0.05) is 18.2 Å². The molecule has 1 fully saturated rings. The molecule has 1 aromatic heterocycles. The number of ether oxygens (including phenoxy) is 1. The lowest BCUT2D eigenvalue weighted by Gasteiger charge is -2.36. The van der Waals surface area contributed by atoms with Gasteiger partial charge in [-0.25, -0.2) is 0 Å². The van der Waals surface area contributed by atoms with E-state index in [2.05, 4.69) is 41.1 Å². The third-order valence-electron chi connectivity index (χ3n) is 3.80. The lowest BCUT2D eigenvalue weighted by Crippen LogP contribution is -2.48. The van der Waals surface area contributed by atoms with Gasteiger partial charge in [0.2, 0.25) is 0 Å². The number of hydrogen-bond donors (Lipinski definition) is 1. The van der Waals surface area contributed by atoms with E-state index >= 15 is 0 Å². The summed E-state index contributed by atoms with van der Waals surface area (Å²) in [7, 11) is 0. The smallest absolute Gasteiger partial charge is 0.0828 e. The Kier molecular flexibility index (Phi) is 3.96. The molecule has 1 aliphatic heterocycles. The molecule has 2 aromatic rings. The van der Waals surface area contributed by atoms with Gasteiger partial charge in [-0.3, -0.25) is 9.88 Å². The number of fused-ring (bicyclic) bond motifs is 1. The van der Waals surface area contributed by atoms with Crippen molar-refractivity contribution in [2.24, 2.45) is 5.73 Å². The van der Waals surface area contributed by atoms with Gasteiger partial charge in [-0.2, -0.15) is 0 Å². The van der Waals surface area contributed by atoms with Crippen LogP contribution in [0.4, 0.5) is 0 Å². The second-order valence-electron chi connectivity index (χ2n) is 5.49. The molecule has 1 saturated heterocycles. The highest BCUT2D eigenvalue weighted by atomic mass is 16.5. The largest absolute Gasteiger partial charge is 0.371 e. The second kappa shape index (κ2) is 5.87. The van der Waals surface area contributed by atoms with E-state index in [-0.39, 0.29) is 12.2 Å². The lowest BCUT2D eigenvalue weighted by atomic mass is 10.1. The van der Waals surface area contributed by atoms with E-state index in [9.17, 15) is 0 Å². The first-order valence-corrected chi connectivity index (χ1v) is 7.17. The van der Waals surface area contributed by atoms with Crippen molar-refractivity contribution in [2.45, 2.75) is 25.7 Å². The van der Waals surface area contributed by atoms with E-state index < -0.39 is 0 Å². The number of morpholine rings is 1. The van der Waals surface area contributed by atoms with E-state index in [1.807, 2.05) is 12.3 Å². The molecule has 0 spiro atoms. The van der Waals surface area contributed by atoms with Crippen LogP contribution in [-0.4, -0.2) is 41.7 Å². The number of para-hydroxylation sites is 1. The fourth-order valence-electron chi connectivity index (χ4n) is 2.93. The molecule has 3 rings (SSSR count). The van der Waals surface area contributed by atoms with Crippen molar-refractivity contribution in [3.63, 3.8) is 0 Å². The summed E-state index contributed by atoms with van der Waals surface area (Å²) in [5, 5.41) is 1.23. The Hall–Kier alpha value is -1.49. The molecule has 2 unspecified atom stereocenters. The molecule has 0 amide bonds. The van der Waals surface area contributed by atoms with Crippen molar-refractivity contribution >= 4 is 10.9 Å². The van der Waals surface area contributed by atoms with Crippen LogP contribution in [0.1, 0.15) is 12.5 Å². The SMILES string of the molecule is CC1CN(Cc2ccnc3ccccc23)CC(CN)O1. The van der Waals surface area contributed by atoms with Crippen LogP contribution in [0.5, 0.6) is 0 Å². The van der Waals surface area contributed by atoms with Gasteiger partial charge in [0.25, 0.3) is 0 Å². The van der Waals surface area contributed by atoms with Crippen LogP contribution in [0.25, 0.3) is 10.9 Å². The van der Waals surface area contributed by atoms with Gasteiger partial charge in [0.05, 0.1) is 17.7 Å². The van der Waals surface area contributed by atoms with Crippen LogP contribution >= 0.6 is 0 Å². The molecule has 0 radical (unpaired) electrons. The standard InChI is InChI=1S/C16H21N3O/c1-12-9-19(11-14(8-17)20-12)10-13-6-7-18-16-5-3-2-4-15(13)16/h2-7,12,14H,8-11,17H2,1H3. The van der Waals surface area contributed by atoms with Gasteiger partial charge < -0.3 is 10.5 Å². The summed E-state index contributed by atoms with van der Waals surface area (Å²) >= 11 is 0. The topological polar surface area (TPSA) is 51.4 Å². The first-order chi connectivity index (χ1) is 9.76. The Labute approximate surface area is 119 Å². The first kappa shape index (κ1) is 13.5. The van der Waals surface area contributed by atoms with Crippen LogP contribution in [0.15, 0.2) is 36.5 Å². The fraction of sp³-hybridized carbons (Fsp3) is 0.438. The average Bonchev–Trinajstić information content (AvgIpc) is 2.47. The number of rotatable bonds is 3. The molecule has 0 saturated carbocycles. The van der Waals surface area contributed by atoms with E-state index in [1.54, 1.807) is 0 Å². The van der Waals surface area contributed by atoms with E-state index in [0.29, 0.717) is 6.54 Å². The quantitative estimate of drug-likeness (QED) is 0.924. The summed E-state index contributed by atoms with van der Waals surface area (Å²) in [6, 6.07) is 10.4. The molecular formula is C16H21N3O. The summed E-state index contributed by atoms with van der Waals surface area (Å²) in [5.41, 5.74) is 8.13. The van der Waals surface area contributed by atoms with Crippen LogP contribution in [-0.2, 0) is 11.3 Å². The Bertz CT molecular complexity index is 581. The maximum absolute atomic E-state index is 5.81. The minimum atomic E-state index is 0.145. The Morgan fingerprint density at radius 2 is 2.15 bits per heavy atom. The fourth-order valence-corrected chi connectivity index (χ4v) is 2.93. The zero-order chi connectivity index (χ0) is 13.9. The normalized spacial score (nSPS) is 24.1. The van der Waals surface area contributed by atoms with Crippen LogP contribution < -0.4 is 5.73 Å². The zero-order valence-electron chi connectivity index (χ0n) is 11.8. The molecule has 4 heteroatoms. The maximum Gasteiger partial charge on any atom is 0.0828 e. The molecule has 4 nitrogen and oxygen atoms in total. The third-order valence-corrected chi connectivity index (χ3v) is 3.80. The molecule has 2 N–H and O–H groups in total. The van der Waals surface area contributed by atoms with E-state index in [4.69, 9.17) is 10.5 Å². The van der Waals surface area contributed by atoms with Crippen LogP contribution in [0.2, 0.25) is 0 Å². The number of hydrogen-bond acceptors (Lipinski definition) is 4. The Morgan fingerprint density at radius 3 is 3.00 bits per heavy atom. The number of pyridine rings is 1. The molecule has 1 aliphatic rings. The molecule has 2 heterocycles. The van der Waals surface area contributed by atoms with Crippen LogP contribution in [0, 0.1) is 0 Å². The van der Waals surface area contributed by atoms with Gasteiger partial charge >= 0.3 is 0 Å². The lowest BCUT2D eigenvalue weighted by molar-refractivity contribution is -0.0744. The van der Waals surface area contributed by atoms with Gasteiger partial charge in [0, 0.05) is 37.8 Å². The Balaban J connectivity index is 1.82. The minimum absolute atomic E-state index is 0.145. The molecule has 2 atom stereocenters. The number of benzene rings is 1. The minimum Gasteiger partial charge on any atom is -0.371 e. The van der Waals surface area contributed by atoms with Crippen molar-refractivity contribution in [1.29, 1.82) is 0 Å². The van der Waals surface area contributed by atoms with Crippen molar-refractivity contribution < 1.29 is 4.74 Å². The van der Waals surface area contributed by atoms with Gasteiger partial charge in [0.1, 0.15) is 0 Å². The van der Waals surface area contributed by atoms with Crippen LogP contribution in [0.3, 0.4) is 0 Å². The van der Waals surface area contributed by atoms with E-state index in [0.717, 1.165) is 25.2 Å². The molecule has 0 aliphatic carbocycles. The second-order valence-corrected chi connectivity index (χ2v) is 5.49. The maximum atomic E-state index is 5.81. The number of nitrogens with two attached hydrogens (primary N) is 1. The third kappa shape index (κ3) is 2.82. The summed E-state index contributed by atoms with van der Waals surface area (Å²) in [6.07, 6.45) is 2.28. The van der Waals surface area contributed by atoms with Crippen molar-refractivity contribution in [2.75, 3.05) is 19.6 Å². The molecule has 106 valence electrons. The van der Waals surface area contributed by atoms with Gasteiger partial charge in [-0.05, 0) is 24.6 Å². The predicted octanol–water partition coefficient (Wildman–Crippen LogP) is 1.78. The predicted molar refractivity (Wildman–Crippen MR) is 80.4 cm³/mol. The molecular weight excluding hydrogens is 250 g/mol. The van der Waals surface area contributed by atoms with Crippen molar-refractivity contribution in [3.05, 3.63) is 42.1 Å².